The molecule has 0 aliphatic rings. The Kier molecular flexibility index (Phi) is 3.85. The maximum absolute atomic E-state index is 12.3. The summed E-state index contributed by atoms with van der Waals surface area (Å²) in [7, 11) is 1.77. The van der Waals surface area contributed by atoms with E-state index in [0.29, 0.717) is 11.3 Å². The zero-order chi connectivity index (χ0) is 16.4. The minimum Gasteiger partial charge on any atom is -0.334 e. The number of alkyl halides is 3. The van der Waals surface area contributed by atoms with E-state index in [1.165, 1.54) is 0 Å². The second kappa shape index (κ2) is 5.82. The first-order valence-corrected chi connectivity index (χ1v) is 6.76. The van der Waals surface area contributed by atoms with Gasteiger partial charge in [0.1, 0.15) is 0 Å². The molecule has 0 spiro atoms. The van der Waals surface area contributed by atoms with E-state index in [-0.39, 0.29) is 18.1 Å². The summed E-state index contributed by atoms with van der Waals surface area (Å²) in [4.78, 5) is 8.30. The van der Waals surface area contributed by atoms with E-state index in [4.69, 9.17) is 4.52 Å². The molecular weight excluding hydrogens is 311 g/mol. The number of pyridine rings is 1. The van der Waals surface area contributed by atoms with Gasteiger partial charge in [0.2, 0.25) is 0 Å². The number of aromatic nitrogens is 5. The Balaban J connectivity index is 1.89. The molecule has 3 heterocycles. The van der Waals surface area contributed by atoms with Gasteiger partial charge in [0.25, 0.3) is 5.89 Å². The highest BCUT2D eigenvalue weighted by Gasteiger charge is 2.28. The van der Waals surface area contributed by atoms with Crippen molar-refractivity contribution in [3.05, 3.63) is 36.5 Å². The second-order valence-corrected chi connectivity index (χ2v) is 4.93. The third kappa shape index (κ3) is 3.55. The Labute approximate surface area is 129 Å². The van der Waals surface area contributed by atoms with Crippen LogP contribution < -0.4 is 0 Å². The predicted molar refractivity (Wildman–Crippen MR) is 74.1 cm³/mol. The van der Waals surface area contributed by atoms with Crippen molar-refractivity contribution >= 4 is 0 Å². The highest BCUT2D eigenvalue weighted by Crippen LogP contribution is 2.29. The lowest BCUT2D eigenvalue weighted by Crippen LogP contribution is -2.09. The fourth-order valence-corrected chi connectivity index (χ4v) is 2.07. The van der Waals surface area contributed by atoms with Crippen molar-refractivity contribution in [2.75, 3.05) is 0 Å². The van der Waals surface area contributed by atoms with Crippen LogP contribution in [0.1, 0.15) is 12.2 Å². The van der Waals surface area contributed by atoms with Crippen LogP contribution in [0.15, 0.2) is 35.2 Å². The van der Waals surface area contributed by atoms with E-state index in [1.54, 1.807) is 42.5 Å². The summed E-state index contributed by atoms with van der Waals surface area (Å²) in [6, 6.07) is 3.41. The van der Waals surface area contributed by atoms with Gasteiger partial charge >= 0.3 is 6.18 Å². The number of halogens is 3. The normalized spacial score (nSPS) is 11.8. The lowest BCUT2D eigenvalue weighted by Gasteiger charge is -2.02. The summed E-state index contributed by atoms with van der Waals surface area (Å²) < 4.78 is 43.5. The topological polar surface area (TPSA) is 69.6 Å². The summed E-state index contributed by atoms with van der Waals surface area (Å²) in [6.45, 7) is 0. The van der Waals surface area contributed by atoms with Gasteiger partial charge in [-0.15, -0.1) is 0 Å². The molecule has 0 aromatic carbocycles. The van der Waals surface area contributed by atoms with Crippen molar-refractivity contribution in [2.24, 2.45) is 7.05 Å². The van der Waals surface area contributed by atoms with E-state index >= 15 is 0 Å². The van der Waals surface area contributed by atoms with Gasteiger partial charge < -0.3 is 4.52 Å². The Morgan fingerprint density at radius 3 is 2.83 bits per heavy atom. The van der Waals surface area contributed by atoms with Crippen molar-refractivity contribution in [1.29, 1.82) is 0 Å². The second-order valence-electron chi connectivity index (χ2n) is 4.93. The van der Waals surface area contributed by atoms with Crippen LogP contribution in [0.5, 0.6) is 0 Å². The molecule has 0 unspecified atom stereocenters. The third-order valence-corrected chi connectivity index (χ3v) is 3.12. The van der Waals surface area contributed by atoms with Gasteiger partial charge in [-0.2, -0.15) is 23.3 Å². The Morgan fingerprint density at radius 1 is 1.30 bits per heavy atom. The van der Waals surface area contributed by atoms with Crippen LogP contribution in [-0.2, 0) is 13.5 Å². The Morgan fingerprint density at radius 2 is 2.13 bits per heavy atom. The van der Waals surface area contributed by atoms with E-state index in [0.717, 1.165) is 5.56 Å². The maximum Gasteiger partial charge on any atom is 0.389 e. The van der Waals surface area contributed by atoms with Gasteiger partial charge in [0.15, 0.2) is 5.82 Å². The SMILES string of the molecule is Cn1cc(-c2ncccc2-c2nc(CCC(F)(F)F)no2)cn1. The molecule has 0 atom stereocenters. The van der Waals surface area contributed by atoms with Crippen LogP contribution in [0.2, 0.25) is 0 Å². The molecule has 6 nitrogen and oxygen atoms in total. The lowest BCUT2D eigenvalue weighted by atomic mass is 10.1. The summed E-state index contributed by atoms with van der Waals surface area (Å²) in [5, 5.41) is 7.68. The van der Waals surface area contributed by atoms with E-state index in [9.17, 15) is 13.2 Å². The molecular formula is C14H12F3N5O. The van der Waals surface area contributed by atoms with Crippen LogP contribution in [0, 0.1) is 0 Å². The molecule has 0 aliphatic carbocycles. The summed E-state index contributed by atoms with van der Waals surface area (Å²) in [5.74, 6) is 0.146. The quantitative estimate of drug-likeness (QED) is 0.738. The maximum atomic E-state index is 12.3. The first-order valence-electron chi connectivity index (χ1n) is 6.76. The van der Waals surface area contributed by atoms with Gasteiger partial charge in [-0.25, -0.2) is 0 Å². The third-order valence-electron chi connectivity index (χ3n) is 3.12. The molecule has 23 heavy (non-hydrogen) atoms. The van der Waals surface area contributed by atoms with Gasteiger partial charge in [0.05, 0.1) is 23.9 Å². The monoisotopic (exact) mass is 323 g/mol. The van der Waals surface area contributed by atoms with E-state index in [1.807, 2.05) is 0 Å². The van der Waals surface area contributed by atoms with Crippen LogP contribution >= 0.6 is 0 Å². The molecule has 0 bridgehead atoms. The van der Waals surface area contributed by atoms with Crippen LogP contribution in [0.4, 0.5) is 13.2 Å². The molecule has 120 valence electrons. The molecule has 0 aliphatic heterocycles. The van der Waals surface area contributed by atoms with Crippen molar-refractivity contribution in [3.63, 3.8) is 0 Å². The van der Waals surface area contributed by atoms with Crippen molar-refractivity contribution < 1.29 is 17.7 Å². The molecule has 0 fully saturated rings. The van der Waals surface area contributed by atoms with Crippen molar-refractivity contribution in [2.45, 2.75) is 19.0 Å². The number of nitrogens with zero attached hydrogens (tertiary/aromatic N) is 5. The molecule has 0 saturated heterocycles. The van der Waals surface area contributed by atoms with Gasteiger partial charge in [-0.05, 0) is 12.1 Å². The van der Waals surface area contributed by atoms with Crippen molar-refractivity contribution in [1.82, 2.24) is 24.9 Å². The molecule has 3 rings (SSSR count). The van der Waals surface area contributed by atoms with Crippen LogP contribution in [0.25, 0.3) is 22.7 Å². The van der Waals surface area contributed by atoms with Gasteiger partial charge in [0, 0.05) is 31.4 Å². The minimum atomic E-state index is -4.25. The number of hydrogen-bond acceptors (Lipinski definition) is 5. The van der Waals surface area contributed by atoms with Gasteiger partial charge in [-0.1, -0.05) is 5.16 Å². The Bertz CT molecular complexity index is 809. The average Bonchev–Trinajstić information content (AvgIpc) is 3.13. The fourth-order valence-electron chi connectivity index (χ4n) is 2.07. The average molecular weight is 323 g/mol. The lowest BCUT2D eigenvalue weighted by molar-refractivity contribution is -0.134. The molecule has 3 aromatic rings. The molecule has 0 saturated carbocycles. The highest BCUT2D eigenvalue weighted by molar-refractivity contribution is 5.75. The summed E-state index contributed by atoms with van der Waals surface area (Å²) in [5.41, 5.74) is 1.87. The zero-order valence-corrected chi connectivity index (χ0v) is 12.1. The van der Waals surface area contributed by atoms with Crippen LogP contribution in [-0.4, -0.2) is 31.1 Å². The highest BCUT2D eigenvalue weighted by atomic mass is 19.4. The zero-order valence-electron chi connectivity index (χ0n) is 12.1. The largest absolute Gasteiger partial charge is 0.389 e. The summed E-state index contributed by atoms with van der Waals surface area (Å²) >= 11 is 0. The molecule has 0 amide bonds. The first kappa shape index (κ1) is 15.2. The van der Waals surface area contributed by atoms with Crippen molar-refractivity contribution in [3.8, 4) is 22.7 Å². The van der Waals surface area contributed by atoms with E-state index in [2.05, 4.69) is 20.2 Å². The smallest absolute Gasteiger partial charge is 0.334 e. The van der Waals surface area contributed by atoms with Gasteiger partial charge in [-0.3, -0.25) is 9.67 Å². The number of hydrogen-bond donors (Lipinski definition) is 0. The molecule has 9 heteroatoms. The first-order chi connectivity index (χ1) is 10.9. The minimum absolute atomic E-state index is 0.0123. The standard InChI is InChI=1S/C14H12F3N5O/c1-22-8-9(7-19-22)12-10(3-2-6-18-12)13-20-11(21-23-13)4-5-14(15,16)17/h2-3,6-8H,4-5H2,1H3. The van der Waals surface area contributed by atoms with Crippen LogP contribution in [0.3, 0.4) is 0 Å². The number of rotatable bonds is 4. The Hall–Kier alpha value is -2.71. The predicted octanol–water partition coefficient (Wildman–Crippen LogP) is 3.03. The molecule has 0 N–H and O–H groups in total. The van der Waals surface area contributed by atoms with E-state index < -0.39 is 12.6 Å². The molecule has 0 radical (unpaired) electrons. The summed E-state index contributed by atoms with van der Waals surface area (Å²) in [6.07, 6.45) is -0.563. The fraction of sp³-hybridized carbons (Fsp3) is 0.286. The number of aryl methyl sites for hydroxylation is 2. The molecule has 3 aromatic heterocycles.